The van der Waals surface area contributed by atoms with Crippen molar-refractivity contribution in [3.63, 3.8) is 0 Å². The number of piperazine rings is 1. The summed E-state index contributed by atoms with van der Waals surface area (Å²) in [6, 6.07) is 13.3. The number of amides is 1. The van der Waals surface area contributed by atoms with Gasteiger partial charge >= 0.3 is 0 Å². The van der Waals surface area contributed by atoms with Gasteiger partial charge in [0.1, 0.15) is 5.75 Å². The number of para-hydroxylation sites is 1. The highest BCUT2D eigenvalue weighted by atomic mass is 32.1. The monoisotopic (exact) mass is 384 g/mol. The van der Waals surface area contributed by atoms with Crippen molar-refractivity contribution in [2.24, 2.45) is 0 Å². The molecule has 1 saturated heterocycles. The van der Waals surface area contributed by atoms with Crippen molar-refractivity contribution in [2.75, 3.05) is 32.8 Å². The molecular formula is C19H20N4O3S. The van der Waals surface area contributed by atoms with Gasteiger partial charge in [-0.25, -0.2) is 0 Å². The zero-order valence-corrected chi connectivity index (χ0v) is 15.6. The second-order valence-corrected chi connectivity index (χ2v) is 7.20. The van der Waals surface area contributed by atoms with Crippen LogP contribution in [0.3, 0.4) is 0 Å². The maximum absolute atomic E-state index is 12.3. The number of benzene rings is 1. The fourth-order valence-corrected chi connectivity index (χ4v) is 3.57. The molecule has 3 heterocycles. The van der Waals surface area contributed by atoms with Gasteiger partial charge < -0.3 is 14.2 Å². The van der Waals surface area contributed by atoms with Crippen LogP contribution in [0.1, 0.15) is 5.89 Å². The highest BCUT2D eigenvalue weighted by molar-refractivity contribution is 7.13. The van der Waals surface area contributed by atoms with Crippen LogP contribution < -0.4 is 4.74 Å². The maximum atomic E-state index is 12.3. The molecule has 27 heavy (non-hydrogen) atoms. The molecule has 2 aromatic heterocycles. The number of ether oxygens (including phenoxy) is 1. The topological polar surface area (TPSA) is 71.7 Å². The first-order valence-corrected chi connectivity index (χ1v) is 9.70. The molecule has 1 aliphatic heterocycles. The summed E-state index contributed by atoms with van der Waals surface area (Å²) in [6.45, 7) is 3.55. The molecular weight excluding hydrogens is 364 g/mol. The predicted molar refractivity (Wildman–Crippen MR) is 101 cm³/mol. The molecule has 0 spiro atoms. The molecule has 140 valence electrons. The summed E-state index contributed by atoms with van der Waals surface area (Å²) in [5.74, 6) is 1.95. The third kappa shape index (κ3) is 4.53. The second-order valence-electron chi connectivity index (χ2n) is 6.25. The summed E-state index contributed by atoms with van der Waals surface area (Å²) >= 11 is 1.59. The number of hydrogen-bond donors (Lipinski definition) is 0. The third-order valence-electron chi connectivity index (χ3n) is 4.40. The Kier molecular flexibility index (Phi) is 5.45. The van der Waals surface area contributed by atoms with Gasteiger partial charge in [0.25, 0.3) is 5.91 Å². The Balaban J connectivity index is 1.23. The molecule has 4 rings (SSSR count). The number of hydrogen-bond acceptors (Lipinski definition) is 7. The average molecular weight is 384 g/mol. The van der Waals surface area contributed by atoms with E-state index >= 15 is 0 Å². The fourth-order valence-electron chi connectivity index (χ4n) is 2.92. The Labute approximate surface area is 161 Å². The second kappa shape index (κ2) is 8.32. The Morgan fingerprint density at radius 1 is 1.11 bits per heavy atom. The first kappa shape index (κ1) is 17.7. The van der Waals surface area contributed by atoms with E-state index in [4.69, 9.17) is 9.26 Å². The highest BCUT2D eigenvalue weighted by Crippen LogP contribution is 2.21. The van der Waals surface area contributed by atoms with Crippen molar-refractivity contribution in [3.8, 4) is 16.5 Å². The largest absolute Gasteiger partial charge is 0.484 e. The lowest BCUT2D eigenvalue weighted by atomic mass is 10.3. The summed E-state index contributed by atoms with van der Waals surface area (Å²) in [6.07, 6.45) is 0. The van der Waals surface area contributed by atoms with Gasteiger partial charge in [0.05, 0.1) is 11.4 Å². The summed E-state index contributed by atoms with van der Waals surface area (Å²) in [5.41, 5.74) is 0. The van der Waals surface area contributed by atoms with E-state index in [-0.39, 0.29) is 12.5 Å². The molecule has 0 aliphatic carbocycles. The predicted octanol–water partition coefficient (Wildman–Crippen LogP) is 2.52. The van der Waals surface area contributed by atoms with Crippen LogP contribution >= 0.6 is 11.3 Å². The van der Waals surface area contributed by atoms with Crippen LogP contribution in [0, 0.1) is 0 Å². The minimum absolute atomic E-state index is 0.0104. The number of carbonyl (C=O) groups excluding carboxylic acids is 1. The smallest absolute Gasteiger partial charge is 0.260 e. The van der Waals surface area contributed by atoms with Crippen molar-refractivity contribution < 1.29 is 14.1 Å². The van der Waals surface area contributed by atoms with Crippen LogP contribution in [-0.2, 0) is 11.3 Å². The Bertz CT molecular complexity index is 858. The first-order chi connectivity index (χ1) is 13.3. The lowest BCUT2D eigenvalue weighted by molar-refractivity contribution is -0.135. The maximum Gasteiger partial charge on any atom is 0.260 e. The number of carbonyl (C=O) groups is 1. The molecule has 0 unspecified atom stereocenters. The third-order valence-corrected chi connectivity index (χ3v) is 5.26. The van der Waals surface area contributed by atoms with Crippen LogP contribution in [0.5, 0.6) is 5.75 Å². The lowest BCUT2D eigenvalue weighted by Gasteiger charge is -2.33. The van der Waals surface area contributed by atoms with E-state index in [1.165, 1.54) is 0 Å². The van der Waals surface area contributed by atoms with Crippen LogP contribution in [0.25, 0.3) is 10.7 Å². The molecule has 1 aliphatic rings. The zero-order valence-electron chi connectivity index (χ0n) is 14.8. The molecule has 7 nitrogen and oxygen atoms in total. The van der Waals surface area contributed by atoms with E-state index in [9.17, 15) is 4.79 Å². The van der Waals surface area contributed by atoms with E-state index in [1.807, 2.05) is 52.7 Å². The van der Waals surface area contributed by atoms with Crippen LogP contribution in [-0.4, -0.2) is 58.6 Å². The van der Waals surface area contributed by atoms with E-state index < -0.39 is 0 Å². The van der Waals surface area contributed by atoms with E-state index in [2.05, 4.69) is 15.0 Å². The fraction of sp³-hybridized carbons (Fsp3) is 0.316. The summed E-state index contributed by atoms with van der Waals surface area (Å²) < 4.78 is 10.9. The molecule has 1 aromatic carbocycles. The van der Waals surface area contributed by atoms with Gasteiger partial charge in [-0.2, -0.15) is 4.98 Å². The number of nitrogens with zero attached hydrogens (tertiary/aromatic N) is 4. The Hall–Kier alpha value is -2.71. The number of rotatable bonds is 6. The molecule has 3 aromatic rings. The summed E-state index contributed by atoms with van der Waals surface area (Å²) in [5, 5.41) is 6.03. The van der Waals surface area contributed by atoms with Crippen molar-refractivity contribution in [3.05, 3.63) is 53.7 Å². The summed E-state index contributed by atoms with van der Waals surface area (Å²) in [7, 11) is 0. The molecule has 0 radical (unpaired) electrons. The van der Waals surface area contributed by atoms with Crippen molar-refractivity contribution in [1.82, 2.24) is 19.9 Å². The SMILES string of the molecule is O=C(COc1ccccc1)N1CCN(Cc2nc(-c3cccs3)no2)CC1. The molecule has 8 heteroatoms. The molecule has 1 amide bonds. The van der Waals surface area contributed by atoms with Gasteiger partial charge in [-0.05, 0) is 23.6 Å². The van der Waals surface area contributed by atoms with Crippen LogP contribution in [0.15, 0.2) is 52.4 Å². The van der Waals surface area contributed by atoms with Gasteiger partial charge in [-0.3, -0.25) is 9.69 Å². The van der Waals surface area contributed by atoms with Gasteiger partial charge in [-0.15, -0.1) is 11.3 Å². The van der Waals surface area contributed by atoms with Crippen molar-refractivity contribution in [1.29, 1.82) is 0 Å². The first-order valence-electron chi connectivity index (χ1n) is 8.82. The van der Waals surface area contributed by atoms with E-state index in [0.717, 1.165) is 18.0 Å². The van der Waals surface area contributed by atoms with Gasteiger partial charge in [0, 0.05) is 26.2 Å². The average Bonchev–Trinajstić information content (AvgIpc) is 3.39. The number of thiophene rings is 1. The minimum atomic E-state index is 0.0104. The normalized spacial score (nSPS) is 15.0. The molecule has 0 bridgehead atoms. The van der Waals surface area contributed by atoms with Crippen LogP contribution in [0.2, 0.25) is 0 Å². The zero-order chi connectivity index (χ0) is 18.5. The van der Waals surface area contributed by atoms with E-state index in [0.29, 0.717) is 37.1 Å². The van der Waals surface area contributed by atoms with Crippen LogP contribution in [0.4, 0.5) is 0 Å². The molecule has 1 fully saturated rings. The highest BCUT2D eigenvalue weighted by Gasteiger charge is 2.23. The standard InChI is InChI=1S/C19H20N4O3S/c24-18(14-25-15-5-2-1-3-6-15)23-10-8-22(9-11-23)13-17-20-19(21-26-17)16-7-4-12-27-16/h1-7,12H,8-11,13-14H2. The van der Waals surface area contributed by atoms with Gasteiger partial charge in [-0.1, -0.05) is 29.4 Å². The van der Waals surface area contributed by atoms with Gasteiger partial charge in [0.15, 0.2) is 6.61 Å². The Morgan fingerprint density at radius 2 is 1.93 bits per heavy atom. The molecule has 0 N–H and O–H groups in total. The van der Waals surface area contributed by atoms with Gasteiger partial charge in [0.2, 0.25) is 11.7 Å². The Morgan fingerprint density at radius 3 is 2.67 bits per heavy atom. The lowest BCUT2D eigenvalue weighted by Crippen LogP contribution is -2.49. The van der Waals surface area contributed by atoms with Crippen molar-refractivity contribution in [2.45, 2.75) is 6.54 Å². The minimum Gasteiger partial charge on any atom is -0.484 e. The molecule has 0 saturated carbocycles. The number of aromatic nitrogens is 2. The van der Waals surface area contributed by atoms with Crippen molar-refractivity contribution >= 4 is 17.2 Å². The van der Waals surface area contributed by atoms with E-state index in [1.54, 1.807) is 11.3 Å². The quantitative estimate of drug-likeness (QED) is 0.650. The summed E-state index contributed by atoms with van der Waals surface area (Å²) in [4.78, 5) is 21.8. The molecule has 0 atom stereocenters.